The van der Waals surface area contributed by atoms with Gasteiger partial charge in [-0.1, -0.05) is 36.4 Å². The predicted molar refractivity (Wildman–Crippen MR) is 129 cm³/mol. The number of nitrogens with zero attached hydrogens (tertiary/aromatic N) is 2. The van der Waals surface area contributed by atoms with Crippen molar-refractivity contribution in [2.24, 2.45) is 0 Å². The first kappa shape index (κ1) is 23.7. The number of ether oxygens (including phenoxy) is 1. The van der Waals surface area contributed by atoms with Gasteiger partial charge >= 0.3 is 0 Å². The lowest BCUT2D eigenvalue weighted by Gasteiger charge is -2.18. The molecule has 0 saturated carbocycles. The van der Waals surface area contributed by atoms with Crippen LogP contribution in [-0.4, -0.2) is 29.4 Å². The highest BCUT2D eigenvalue weighted by atomic mass is 16.6. The Morgan fingerprint density at radius 2 is 1.83 bits per heavy atom. The second-order valence-electron chi connectivity index (χ2n) is 8.22. The third-order valence-corrected chi connectivity index (χ3v) is 5.95. The van der Waals surface area contributed by atoms with Crippen molar-refractivity contribution in [1.29, 1.82) is 0 Å². The highest BCUT2D eigenvalue weighted by Gasteiger charge is 2.28. The van der Waals surface area contributed by atoms with E-state index in [0.29, 0.717) is 33.3 Å². The molecule has 3 aromatic carbocycles. The van der Waals surface area contributed by atoms with Gasteiger partial charge in [-0.25, -0.2) is 0 Å². The lowest BCUT2D eigenvalue weighted by molar-refractivity contribution is -0.483. The number of nitrogens with one attached hydrogen (secondary N) is 1. The zero-order valence-corrected chi connectivity index (χ0v) is 19.1. The summed E-state index contributed by atoms with van der Waals surface area (Å²) >= 11 is 0. The molecule has 0 radical (unpaired) electrons. The van der Waals surface area contributed by atoms with Crippen LogP contribution >= 0.6 is 0 Å². The number of hydrogen-bond donors (Lipinski definition) is 1. The van der Waals surface area contributed by atoms with E-state index < -0.39 is 22.3 Å². The normalized spacial score (nSPS) is 12.9. The fourth-order valence-corrected chi connectivity index (χ4v) is 4.29. The van der Waals surface area contributed by atoms with Gasteiger partial charge in [0.1, 0.15) is 5.58 Å². The molecule has 4 rings (SSSR count). The number of hydrogen-bond acceptors (Lipinski definition) is 7. The molecule has 0 aliphatic heterocycles. The average molecular weight is 477 g/mol. The van der Waals surface area contributed by atoms with Crippen LogP contribution in [0.5, 0.6) is 5.75 Å². The van der Waals surface area contributed by atoms with Gasteiger partial charge in [-0.2, -0.15) is 0 Å². The second-order valence-corrected chi connectivity index (χ2v) is 8.22. The van der Waals surface area contributed by atoms with Crippen LogP contribution in [0.2, 0.25) is 0 Å². The number of amides is 1. The number of fused-ring (bicyclic) bond motifs is 3. The van der Waals surface area contributed by atoms with Crippen LogP contribution in [0.25, 0.3) is 21.9 Å². The third-order valence-electron chi connectivity index (χ3n) is 5.95. The van der Waals surface area contributed by atoms with Gasteiger partial charge < -0.3 is 14.5 Å². The zero-order valence-electron chi connectivity index (χ0n) is 19.1. The number of non-ortho nitro benzene ring substituents is 1. The SMILES string of the molecule is COc1ccc(C(CC(=O)N[C@H](C)c2ccccc2)C[N+](=O)[O-])c2c1oc1ccc([N+](=O)[O-])cc12. The molecule has 0 saturated heterocycles. The van der Waals surface area contributed by atoms with Crippen LogP contribution in [0, 0.1) is 20.2 Å². The highest BCUT2D eigenvalue weighted by molar-refractivity contribution is 6.09. The molecular weight excluding hydrogens is 454 g/mol. The molecule has 1 unspecified atom stereocenters. The van der Waals surface area contributed by atoms with E-state index in [0.717, 1.165) is 5.56 Å². The molecule has 1 amide bonds. The van der Waals surface area contributed by atoms with Crippen molar-refractivity contribution in [2.45, 2.75) is 25.3 Å². The monoisotopic (exact) mass is 477 g/mol. The van der Waals surface area contributed by atoms with Crippen molar-refractivity contribution in [3.05, 3.63) is 92.0 Å². The summed E-state index contributed by atoms with van der Waals surface area (Å²) in [5.41, 5.74) is 1.94. The third kappa shape index (κ3) is 4.91. The molecule has 35 heavy (non-hydrogen) atoms. The quantitative estimate of drug-likeness (QED) is 0.260. The summed E-state index contributed by atoms with van der Waals surface area (Å²) in [6.45, 7) is 1.33. The number of rotatable bonds is 9. The Labute approximate surface area is 199 Å². The molecule has 0 fully saturated rings. The maximum Gasteiger partial charge on any atom is 0.270 e. The fourth-order valence-electron chi connectivity index (χ4n) is 4.29. The van der Waals surface area contributed by atoms with Gasteiger partial charge in [0.05, 0.1) is 24.0 Å². The summed E-state index contributed by atoms with van der Waals surface area (Å²) in [6, 6.07) is 16.5. The fraction of sp³-hybridized carbons (Fsp3) is 0.240. The first-order valence-corrected chi connectivity index (χ1v) is 10.9. The molecule has 1 heterocycles. The van der Waals surface area contributed by atoms with E-state index in [-0.39, 0.29) is 24.1 Å². The minimum Gasteiger partial charge on any atom is -0.493 e. The lowest BCUT2D eigenvalue weighted by Crippen LogP contribution is -2.29. The van der Waals surface area contributed by atoms with Crippen molar-refractivity contribution in [3.63, 3.8) is 0 Å². The molecule has 1 N–H and O–H groups in total. The summed E-state index contributed by atoms with van der Waals surface area (Å²) in [4.78, 5) is 34.8. The van der Waals surface area contributed by atoms with E-state index in [1.54, 1.807) is 12.1 Å². The number of nitro groups is 2. The first-order chi connectivity index (χ1) is 16.8. The van der Waals surface area contributed by atoms with Gasteiger partial charge in [0.2, 0.25) is 12.5 Å². The number of methoxy groups -OCH3 is 1. The predicted octanol–water partition coefficient (Wildman–Crippen LogP) is 5.13. The maximum atomic E-state index is 12.9. The molecule has 0 bridgehead atoms. The molecule has 0 aliphatic carbocycles. The molecule has 0 aliphatic rings. The largest absolute Gasteiger partial charge is 0.493 e. The molecule has 180 valence electrons. The summed E-state index contributed by atoms with van der Waals surface area (Å²) < 4.78 is 11.3. The van der Waals surface area contributed by atoms with Gasteiger partial charge in [0, 0.05) is 34.2 Å². The minimum atomic E-state index is -0.804. The van der Waals surface area contributed by atoms with Crippen LogP contribution in [0.4, 0.5) is 5.69 Å². The molecule has 1 aromatic heterocycles. The maximum absolute atomic E-state index is 12.9. The van der Waals surface area contributed by atoms with Crippen molar-refractivity contribution in [2.75, 3.05) is 13.7 Å². The Bertz CT molecular complexity index is 1420. The summed E-state index contributed by atoms with van der Waals surface area (Å²) in [5.74, 6) is -0.776. The molecule has 0 spiro atoms. The van der Waals surface area contributed by atoms with Crippen molar-refractivity contribution in [1.82, 2.24) is 5.32 Å². The molecular formula is C25H23N3O7. The lowest BCUT2D eigenvalue weighted by atomic mass is 9.90. The number of furan rings is 1. The van der Waals surface area contributed by atoms with E-state index in [1.807, 2.05) is 37.3 Å². The van der Waals surface area contributed by atoms with Crippen molar-refractivity contribution in [3.8, 4) is 5.75 Å². The summed E-state index contributed by atoms with van der Waals surface area (Å²) in [5, 5.41) is 26.7. The average Bonchev–Trinajstić information content (AvgIpc) is 3.22. The van der Waals surface area contributed by atoms with Gasteiger partial charge in [0.25, 0.3) is 5.69 Å². The molecule has 10 nitrogen and oxygen atoms in total. The van der Waals surface area contributed by atoms with Crippen molar-refractivity contribution < 1.29 is 23.8 Å². The standard InChI is InChI=1S/C25H23N3O7/c1-15(16-6-4-3-5-7-16)26-23(29)12-17(14-27(30)31)19-9-11-22(34-2)25-24(19)20-13-18(28(32)33)8-10-21(20)35-25/h3-11,13,15,17H,12,14H2,1-2H3,(H,26,29)/t15-,17?/m1/s1. The van der Waals surface area contributed by atoms with E-state index >= 15 is 0 Å². The molecule has 4 aromatic rings. The Morgan fingerprint density at radius 3 is 2.49 bits per heavy atom. The van der Waals surface area contributed by atoms with Crippen LogP contribution in [-0.2, 0) is 4.79 Å². The first-order valence-electron chi connectivity index (χ1n) is 10.9. The minimum absolute atomic E-state index is 0.144. The summed E-state index contributed by atoms with van der Waals surface area (Å²) in [6.07, 6.45) is -0.152. The van der Waals surface area contributed by atoms with Crippen molar-refractivity contribution >= 4 is 33.5 Å². The van der Waals surface area contributed by atoms with Gasteiger partial charge in [-0.05, 0) is 30.2 Å². The van der Waals surface area contributed by atoms with Crippen LogP contribution in [0.3, 0.4) is 0 Å². The van der Waals surface area contributed by atoms with E-state index in [2.05, 4.69) is 5.32 Å². The number of benzene rings is 3. The van der Waals surface area contributed by atoms with Gasteiger partial charge in [-0.3, -0.25) is 25.0 Å². The Kier molecular flexibility index (Phi) is 6.63. The van der Waals surface area contributed by atoms with Crippen LogP contribution < -0.4 is 10.1 Å². The Morgan fingerprint density at radius 1 is 1.09 bits per heavy atom. The number of carbonyl (C=O) groups is 1. The zero-order chi connectivity index (χ0) is 25.1. The summed E-state index contributed by atoms with van der Waals surface area (Å²) in [7, 11) is 1.46. The second kappa shape index (κ2) is 9.80. The van der Waals surface area contributed by atoms with Crippen LogP contribution in [0.15, 0.2) is 65.1 Å². The Balaban J connectivity index is 1.77. The molecule has 10 heteroatoms. The van der Waals surface area contributed by atoms with Gasteiger partial charge in [0.15, 0.2) is 11.3 Å². The van der Waals surface area contributed by atoms with E-state index in [1.165, 1.54) is 25.3 Å². The number of carbonyl (C=O) groups excluding carboxylic acids is 1. The highest BCUT2D eigenvalue weighted by Crippen LogP contribution is 2.41. The smallest absolute Gasteiger partial charge is 0.270 e. The van der Waals surface area contributed by atoms with Gasteiger partial charge in [-0.15, -0.1) is 0 Å². The topological polar surface area (TPSA) is 138 Å². The number of nitro benzene ring substituents is 1. The van der Waals surface area contributed by atoms with Crippen LogP contribution in [0.1, 0.15) is 36.4 Å². The van der Waals surface area contributed by atoms with E-state index in [4.69, 9.17) is 9.15 Å². The Hall–Kier alpha value is -4.47. The van der Waals surface area contributed by atoms with E-state index in [9.17, 15) is 25.0 Å². The molecule has 2 atom stereocenters.